The largest absolute Gasteiger partial charge is 0.410 e. The van der Waals surface area contributed by atoms with Crippen LogP contribution < -0.4 is 10.5 Å². The van der Waals surface area contributed by atoms with E-state index in [0.29, 0.717) is 17.1 Å². The van der Waals surface area contributed by atoms with Crippen molar-refractivity contribution in [3.8, 4) is 22.8 Å². The highest BCUT2D eigenvalue weighted by Gasteiger charge is 2.12. The zero-order chi connectivity index (χ0) is 17.4. The lowest BCUT2D eigenvalue weighted by atomic mass is 10.3. The predicted octanol–water partition coefficient (Wildman–Crippen LogP) is 4.24. The average molecular weight is 397 g/mol. The van der Waals surface area contributed by atoms with E-state index in [4.69, 9.17) is 10.5 Å². The van der Waals surface area contributed by atoms with Crippen LogP contribution in [0.25, 0.3) is 28.1 Å². The Bertz CT molecular complexity index is 1070. The molecule has 6 nitrogen and oxygen atoms in total. The fraction of sp³-hybridized carbons (Fsp3) is 0. The van der Waals surface area contributed by atoms with Gasteiger partial charge in [-0.15, -0.1) is 0 Å². The average Bonchev–Trinajstić information content (AvgIpc) is 3.22. The number of aromatic amines is 1. The van der Waals surface area contributed by atoms with Crippen LogP contribution in [0.15, 0.2) is 65.4 Å². The summed E-state index contributed by atoms with van der Waals surface area (Å²) in [7, 11) is 0. The van der Waals surface area contributed by atoms with Crippen LogP contribution >= 0.6 is 15.9 Å². The molecule has 25 heavy (non-hydrogen) atoms. The molecule has 2 aromatic heterocycles. The maximum atomic E-state index is 11.0. The molecule has 0 fully saturated rings. The van der Waals surface area contributed by atoms with Gasteiger partial charge in [0.2, 0.25) is 0 Å². The van der Waals surface area contributed by atoms with E-state index in [0.717, 1.165) is 21.2 Å². The van der Waals surface area contributed by atoms with E-state index in [9.17, 15) is 4.79 Å². The van der Waals surface area contributed by atoms with Crippen LogP contribution in [0.5, 0.6) is 5.75 Å². The van der Waals surface area contributed by atoms with Gasteiger partial charge in [0.1, 0.15) is 11.3 Å². The first-order valence-corrected chi connectivity index (χ1v) is 8.30. The molecular formula is C18H13BrN4O2. The fourth-order valence-electron chi connectivity index (χ4n) is 2.64. The lowest BCUT2D eigenvalue weighted by Crippen LogP contribution is -2.16. The Hall–Kier alpha value is -3.06. The highest BCUT2D eigenvalue weighted by molar-refractivity contribution is 9.10. The molecule has 7 heteroatoms. The van der Waals surface area contributed by atoms with Crippen molar-refractivity contribution in [3.05, 3.63) is 65.4 Å². The van der Waals surface area contributed by atoms with Gasteiger partial charge in [0.15, 0.2) is 5.75 Å². The van der Waals surface area contributed by atoms with Gasteiger partial charge in [-0.25, -0.2) is 9.78 Å². The van der Waals surface area contributed by atoms with E-state index >= 15 is 0 Å². The van der Waals surface area contributed by atoms with Crippen molar-refractivity contribution in [2.45, 2.75) is 0 Å². The molecule has 124 valence electrons. The van der Waals surface area contributed by atoms with Crippen LogP contribution in [-0.4, -0.2) is 20.6 Å². The number of H-pyrrole nitrogens is 1. The van der Waals surface area contributed by atoms with E-state index < -0.39 is 6.09 Å². The number of hydrogen-bond donors (Lipinski definition) is 2. The molecule has 0 spiro atoms. The minimum Gasteiger partial charge on any atom is -0.408 e. The molecule has 0 atom stereocenters. The van der Waals surface area contributed by atoms with Crippen molar-refractivity contribution < 1.29 is 9.53 Å². The number of amides is 1. The van der Waals surface area contributed by atoms with Gasteiger partial charge in [-0.3, -0.25) is 0 Å². The quantitative estimate of drug-likeness (QED) is 0.542. The van der Waals surface area contributed by atoms with Gasteiger partial charge in [-0.2, -0.15) is 0 Å². The number of carbonyl (C=O) groups excluding carboxylic acids is 1. The molecule has 0 saturated carbocycles. The van der Waals surface area contributed by atoms with Gasteiger partial charge in [0.25, 0.3) is 0 Å². The number of para-hydroxylation sites is 1. The lowest BCUT2D eigenvalue weighted by Gasteiger charge is -2.02. The topological polar surface area (TPSA) is 85.9 Å². The van der Waals surface area contributed by atoms with Gasteiger partial charge in [0, 0.05) is 28.1 Å². The van der Waals surface area contributed by atoms with Gasteiger partial charge < -0.3 is 20.0 Å². The fourth-order valence-corrected chi connectivity index (χ4v) is 2.91. The predicted molar refractivity (Wildman–Crippen MR) is 98.8 cm³/mol. The van der Waals surface area contributed by atoms with Crippen molar-refractivity contribution in [1.82, 2.24) is 14.5 Å². The molecular weight excluding hydrogens is 384 g/mol. The number of benzene rings is 2. The van der Waals surface area contributed by atoms with Gasteiger partial charge in [-0.05, 0) is 42.5 Å². The number of nitrogens with one attached hydrogen (secondary N) is 1. The highest BCUT2D eigenvalue weighted by Crippen LogP contribution is 2.28. The standard InChI is InChI=1S/C18H13BrN4O2/c19-12-4-6-13(7-5-12)23-9-8-11(10-23)17-21-14-2-1-3-15(16(14)22-17)25-18(20)24/h1-10H,(H2,20,24)(H,21,22). The van der Waals surface area contributed by atoms with Gasteiger partial charge >= 0.3 is 6.09 Å². The molecule has 0 bridgehead atoms. The van der Waals surface area contributed by atoms with Crippen LogP contribution in [0.2, 0.25) is 0 Å². The summed E-state index contributed by atoms with van der Waals surface area (Å²) in [5.74, 6) is 1.02. The second kappa shape index (κ2) is 6.10. The maximum Gasteiger partial charge on any atom is 0.410 e. The minimum absolute atomic E-state index is 0.333. The van der Waals surface area contributed by atoms with Crippen molar-refractivity contribution in [1.29, 1.82) is 0 Å². The molecule has 0 aliphatic rings. The summed E-state index contributed by atoms with van der Waals surface area (Å²) >= 11 is 3.43. The molecule has 1 amide bonds. The third-order valence-corrected chi connectivity index (χ3v) is 4.31. The molecule has 0 aliphatic carbocycles. The number of nitrogens with zero attached hydrogens (tertiary/aromatic N) is 2. The van der Waals surface area contributed by atoms with Crippen molar-refractivity contribution >= 4 is 33.1 Å². The van der Waals surface area contributed by atoms with Crippen molar-refractivity contribution in [2.24, 2.45) is 5.73 Å². The van der Waals surface area contributed by atoms with Gasteiger partial charge in [0.05, 0.1) is 5.52 Å². The maximum absolute atomic E-state index is 11.0. The molecule has 3 N–H and O–H groups in total. The molecule has 4 rings (SSSR count). The summed E-state index contributed by atoms with van der Waals surface area (Å²) < 4.78 is 8.05. The van der Waals surface area contributed by atoms with Crippen molar-refractivity contribution in [3.63, 3.8) is 0 Å². The van der Waals surface area contributed by atoms with E-state index in [1.165, 1.54) is 0 Å². The zero-order valence-corrected chi connectivity index (χ0v) is 14.5. The molecule has 2 heterocycles. The normalized spacial score (nSPS) is 10.9. The monoisotopic (exact) mass is 396 g/mol. The number of rotatable bonds is 3. The Labute approximate surface area is 151 Å². The number of imidazole rings is 1. The first kappa shape index (κ1) is 15.5. The Kier molecular flexibility index (Phi) is 3.77. The second-order valence-corrected chi connectivity index (χ2v) is 6.36. The molecule has 4 aromatic rings. The smallest absolute Gasteiger partial charge is 0.408 e. The Morgan fingerprint density at radius 1 is 1.16 bits per heavy atom. The van der Waals surface area contributed by atoms with Crippen LogP contribution in [0.3, 0.4) is 0 Å². The Morgan fingerprint density at radius 3 is 2.72 bits per heavy atom. The third kappa shape index (κ3) is 3.01. The van der Waals surface area contributed by atoms with Crippen LogP contribution in [0.4, 0.5) is 4.79 Å². The molecule has 0 radical (unpaired) electrons. The number of ether oxygens (including phenoxy) is 1. The summed E-state index contributed by atoms with van der Waals surface area (Å²) in [4.78, 5) is 18.8. The Balaban J connectivity index is 1.73. The highest BCUT2D eigenvalue weighted by atomic mass is 79.9. The van der Waals surface area contributed by atoms with E-state index in [-0.39, 0.29) is 0 Å². The first-order chi connectivity index (χ1) is 12.1. The number of nitrogens with two attached hydrogens (primary N) is 1. The number of fused-ring (bicyclic) bond motifs is 1. The summed E-state index contributed by atoms with van der Waals surface area (Å²) in [6.45, 7) is 0. The summed E-state index contributed by atoms with van der Waals surface area (Å²) in [6, 6.07) is 15.3. The molecule has 2 aromatic carbocycles. The lowest BCUT2D eigenvalue weighted by molar-refractivity contribution is 0.211. The van der Waals surface area contributed by atoms with Gasteiger partial charge in [-0.1, -0.05) is 22.0 Å². The summed E-state index contributed by atoms with van der Waals surface area (Å²) in [6.07, 6.45) is 3.08. The zero-order valence-electron chi connectivity index (χ0n) is 12.9. The summed E-state index contributed by atoms with van der Waals surface area (Å²) in [5, 5.41) is 0. The van der Waals surface area contributed by atoms with E-state index in [1.807, 2.05) is 53.4 Å². The first-order valence-electron chi connectivity index (χ1n) is 7.50. The third-order valence-electron chi connectivity index (χ3n) is 3.78. The summed E-state index contributed by atoms with van der Waals surface area (Å²) in [5.41, 5.74) is 8.40. The van der Waals surface area contributed by atoms with Crippen LogP contribution in [-0.2, 0) is 0 Å². The van der Waals surface area contributed by atoms with E-state index in [2.05, 4.69) is 25.9 Å². The van der Waals surface area contributed by atoms with Crippen LogP contribution in [0.1, 0.15) is 0 Å². The molecule has 0 unspecified atom stereocenters. The van der Waals surface area contributed by atoms with Crippen LogP contribution in [0, 0.1) is 0 Å². The Morgan fingerprint density at radius 2 is 1.96 bits per heavy atom. The number of primary amides is 1. The number of carbonyl (C=O) groups is 1. The minimum atomic E-state index is -0.863. The SMILES string of the molecule is NC(=O)Oc1cccc2[nH]c(-c3ccn(-c4ccc(Br)cc4)c3)nc12. The molecule has 0 aliphatic heterocycles. The molecule has 0 saturated heterocycles. The second-order valence-electron chi connectivity index (χ2n) is 5.44. The number of aromatic nitrogens is 3. The van der Waals surface area contributed by atoms with Crippen molar-refractivity contribution in [2.75, 3.05) is 0 Å². The van der Waals surface area contributed by atoms with E-state index in [1.54, 1.807) is 12.1 Å². The number of hydrogen-bond acceptors (Lipinski definition) is 3. The number of halogens is 1.